The van der Waals surface area contributed by atoms with Gasteiger partial charge < -0.3 is 14.8 Å². The second-order valence-electron chi connectivity index (χ2n) is 5.96. The minimum absolute atomic E-state index is 0.00723. The number of ether oxygens (including phenoxy) is 2. The van der Waals surface area contributed by atoms with Crippen LogP contribution >= 0.6 is 15.9 Å². The summed E-state index contributed by atoms with van der Waals surface area (Å²) < 4.78 is 11.9. The Balaban J connectivity index is 1.97. The van der Waals surface area contributed by atoms with E-state index in [-0.39, 0.29) is 18.6 Å². The third-order valence-electron chi connectivity index (χ3n) is 4.06. The lowest BCUT2D eigenvalue weighted by molar-refractivity contribution is -0.123. The quantitative estimate of drug-likeness (QED) is 0.724. The van der Waals surface area contributed by atoms with Gasteiger partial charge in [0.05, 0.1) is 13.2 Å². The van der Waals surface area contributed by atoms with Crippen LogP contribution in [0, 0.1) is 13.8 Å². The maximum atomic E-state index is 12.2. The van der Waals surface area contributed by atoms with Crippen molar-refractivity contribution in [3.8, 4) is 11.5 Å². The molecule has 1 amide bonds. The first-order valence-corrected chi connectivity index (χ1v) is 9.06. The van der Waals surface area contributed by atoms with Gasteiger partial charge in [0.2, 0.25) is 0 Å². The second kappa shape index (κ2) is 8.90. The van der Waals surface area contributed by atoms with E-state index in [1.807, 2.05) is 57.2 Å². The smallest absolute Gasteiger partial charge is 0.258 e. The number of rotatable bonds is 7. The van der Waals surface area contributed by atoms with Gasteiger partial charge in [-0.25, -0.2) is 0 Å². The molecule has 4 nitrogen and oxygen atoms in total. The van der Waals surface area contributed by atoms with Crippen LogP contribution < -0.4 is 14.8 Å². The van der Waals surface area contributed by atoms with E-state index in [4.69, 9.17) is 9.47 Å². The van der Waals surface area contributed by atoms with Crippen LogP contribution in [0.1, 0.15) is 36.1 Å². The van der Waals surface area contributed by atoms with Crippen molar-refractivity contribution >= 4 is 21.8 Å². The van der Waals surface area contributed by atoms with E-state index in [0.717, 1.165) is 33.3 Å². The molecule has 1 atom stereocenters. The molecule has 0 aliphatic heterocycles. The fourth-order valence-electron chi connectivity index (χ4n) is 2.63. The zero-order chi connectivity index (χ0) is 18.4. The van der Waals surface area contributed by atoms with E-state index in [9.17, 15) is 4.79 Å². The molecule has 2 aromatic rings. The largest absolute Gasteiger partial charge is 0.496 e. The molecule has 0 spiro atoms. The number of carbonyl (C=O) groups excluding carboxylic acids is 1. The number of nitrogens with one attached hydrogen (secondary N) is 1. The van der Waals surface area contributed by atoms with Crippen LogP contribution in [0.15, 0.2) is 40.9 Å². The maximum Gasteiger partial charge on any atom is 0.258 e. The number of methoxy groups -OCH3 is 1. The van der Waals surface area contributed by atoms with Crippen molar-refractivity contribution in [1.29, 1.82) is 0 Å². The van der Waals surface area contributed by atoms with E-state index in [1.165, 1.54) is 0 Å². The summed E-state index contributed by atoms with van der Waals surface area (Å²) in [5.41, 5.74) is 3.18. The van der Waals surface area contributed by atoms with Crippen LogP contribution in [-0.4, -0.2) is 19.6 Å². The number of halogens is 1. The molecular formula is C20H24BrNO3. The van der Waals surface area contributed by atoms with Crippen molar-refractivity contribution in [3.63, 3.8) is 0 Å². The highest BCUT2D eigenvalue weighted by molar-refractivity contribution is 9.10. The van der Waals surface area contributed by atoms with Gasteiger partial charge in [0.15, 0.2) is 6.61 Å². The normalized spacial score (nSPS) is 11.7. The van der Waals surface area contributed by atoms with Crippen molar-refractivity contribution in [2.24, 2.45) is 0 Å². The van der Waals surface area contributed by atoms with Crippen LogP contribution in [0.4, 0.5) is 0 Å². The molecule has 0 saturated carbocycles. The van der Waals surface area contributed by atoms with Gasteiger partial charge in [-0.15, -0.1) is 0 Å². The number of aryl methyl sites for hydroxylation is 2. The van der Waals surface area contributed by atoms with Crippen molar-refractivity contribution in [2.75, 3.05) is 13.7 Å². The Morgan fingerprint density at radius 1 is 1.16 bits per heavy atom. The number of amides is 1. The summed E-state index contributed by atoms with van der Waals surface area (Å²) >= 11 is 3.45. The van der Waals surface area contributed by atoms with Gasteiger partial charge >= 0.3 is 0 Å². The standard InChI is InChI=1S/C20H24BrNO3/c1-5-18(15-6-9-19(24-4)14(3)10-15)22-20(23)12-25-16-7-8-17(21)13(2)11-16/h6-11,18H,5,12H2,1-4H3,(H,22,23)/t18-/m0/s1. The topological polar surface area (TPSA) is 47.6 Å². The maximum absolute atomic E-state index is 12.2. The number of hydrogen-bond acceptors (Lipinski definition) is 3. The van der Waals surface area contributed by atoms with Crippen molar-refractivity contribution in [2.45, 2.75) is 33.2 Å². The summed E-state index contributed by atoms with van der Waals surface area (Å²) in [7, 11) is 1.66. The predicted octanol–water partition coefficient (Wildman–Crippen LogP) is 4.72. The molecule has 25 heavy (non-hydrogen) atoms. The Hall–Kier alpha value is -2.01. The number of hydrogen-bond donors (Lipinski definition) is 1. The monoisotopic (exact) mass is 405 g/mol. The van der Waals surface area contributed by atoms with Crippen LogP contribution in [0.25, 0.3) is 0 Å². The van der Waals surface area contributed by atoms with Gasteiger partial charge in [0.1, 0.15) is 11.5 Å². The van der Waals surface area contributed by atoms with Gasteiger partial charge in [-0.05, 0) is 61.2 Å². The minimum Gasteiger partial charge on any atom is -0.496 e. The third kappa shape index (κ3) is 5.23. The van der Waals surface area contributed by atoms with Crippen LogP contribution in [-0.2, 0) is 4.79 Å². The highest BCUT2D eigenvalue weighted by Crippen LogP contribution is 2.24. The van der Waals surface area contributed by atoms with E-state index in [2.05, 4.69) is 21.2 Å². The minimum atomic E-state index is -0.138. The fourth-order valence-corrected chi connectivity index (χ4v) is 2.88. The molecule has 0 unspecified atom stereocenters. The van der Waals surface area contributed by atoms with Crippen LogP contribution in [0.2, 0.25) is 0 Å². The Morgan fingerprint density at radius 2 is 1.92 bits per heavy atom. The van der Waals surface area contributed by atoms with E-state index < -0.39 is 0 Å². The number of benzene rings is 2. The lowest BCUT2D eigenvalue weighted by Gasteiger charge is -2.19. The average molecular weight is 406 g/mol. The lowest BCUT2D eigenvalue weighted by Crippen LogP contribution is -2.32. The van der Waals surface area contributed by atoms with Crippen molar-refractivity contribution in [1.82, 2.24) is 5.32 Å². The number of carbonyl (C=O) groups is 1. The molecule has 2 aromatic carbocycles. The molecule has 1 N–H and O–H groups in total. The van der Waals surface area contributed by atoms with E-state index in [1.54, 1.807) is 7.11 Å². The summed E-state index contributed by atoms with van der Waals surface area (Å²) in [5, 5.41) is 3.03. The second-order valence-corrected chi connectivity index (χ2v) is 6.81. The molecule has 0 aliphatic carbocycles. The Bertz CT molecular complexity index is 746. The molecule has 0 heterocycles. The summed E-state index contributed by atoms with van der Waals surface area (Å²) in [6.45, 7) is 6.02. The Kier molecular flexibility index (Phi) is 6.88. The molecule has 134 valence electrons. The molecule has 0 aromatic heterocycles. The molecule has 0 saturated heterocycles. The molecule has 0 aliphatic rings. The van der Waals surface area contributed by atoms with Crippen LogP contribution in [0.5, 0.6) is 11.5 Å². The molecular weight excluding hydrogens is 382 g/mol. The first kappa shape index (κ1) is 19.3. The van der Waals surface area contributed by atoms with Gasteiger partial charge in [0.25, 0.3) is 5.91 Å². The predicted molar refractivity (Wildman–Crippen MR) is 103 cm³/mol. The Labute approximate surface area is 157 Å². The molecule has 5 heteroatoms. The third-order valence-corrected chi connectivity index (χ3v) is 4.95. The van der Waals surface area contributed by atoms with E-state index >= 15 is 0 Å². The summed E-state index contributed by atoms with van der Waals surface area (Å²) in [5.74, 6) is 1.39. The van der Waals surface area contributed by atoms with Gasteiger partial charge in [-0.3, -0.25) is 4.79 Å². The average Bonchev–Trinajstić information content (AvgIpc) is 2.60. The highest BCUT2D eigenvalue weighted by atomic mass is 79.9. The van der Waals surface area contributed by atoms with Crippen molar-refractivity contribution in [3.05, 3.63) is 57.6 Å². The summed E-state index contributed by atoms with van der Waals surface area (Å²) in [6, 6.07) is 11.6. The summed E-state index contributed by atoms with van der Waals surface area (Å²) in [6.07, 6.45) is 0.800. The molecule has 0 bridgehead atoms. The lowest BCUT2D eigenvalue weighted by atomic mass is 10.0. The zero-order valence-electron chi connectivity index (χ0n) is 15.1. The van der Waals surface area contributed by atoms with Crippen molar-refractivity contribution < 1.29 is 14.3 Å². The van der Waals surface area contributed by atoms with Gasteiger partial charge in [-0.1, -0.05) is 35.0 Å². The Morgan fingerprint density at radius 3 is 2.52 bits per heavy atom. The molecule has 2 rings (SSSR count). The molecule has 0 fully saturated rings. The zero-order valence-corrected chi connectivity index (χ0v) is 16.6. The van der Waals surface area contributed by atoms with Gasteiger partial charge in [0, 0.05) is 4.47 Å². The van der Waals surface area contributed by atoms with Gasteiger partial charge in [-0.2, -0.15) is 0 Å². The fraction of sp³-hybridized carbons (Fsp3) is 0.350. The SMILES string of the molecule is CC[C@H](NC(=O)COc1ccc(Br)c(C)c1)c1ccc(OC)c(C)c1. The first-order valence-electron chi connectivity index (χ1n) is 8.27. The first-order chi connectivity index (χ1) is 11.9. The summed E-state index contributed by atoms with van der Waals surface area (Å²) in [4.78, 5) is 12.2. The van der Waals surface area contributed by atoms with E-state index in [0.29, 0.717) is 5.75 Å². The van der Waals surface area contributed by atoms with Crippen LogP contribution in [0.3, 0.4) is 0 Å². The molecule has 0 radical (unpaired) electrons. The highest BCUT2D eigenvalue weighted by Gasteiger charge is 2.14.